The zero-order valence-electron chi connectivity index (χ0n) is 12.6. The molecule has 0 spiro atoms. The van der Waals surface area contributed by atoms with Gasteiger partial charge in [-0.05, 0) is 49.7 Å². The number of hydrogen-bond acceptors (Lipinski definition) is 1. The maximum atomic E-state index is 6.15. The fourth-order valence-corrected chi connectivity index (χ4v) is 3.69. The molecule has 1 saturated carbocycles. The lowest BCUT2D eigenvalue weighted by Crippen LogP contribution is -2.24. The summed E-state index contributed by atoms with van der Waals surface area (Å²) in [5.74, 6) is 1.52. The molecule has 1 aromatic carbocycles. The van der Waals surface area contributed by atoms with Crippen LogP contribution in [0.2, 0.25) is 0 Å². The van der Waals surface area contributed by atoms with Crippen LogP contribution in [-0.4, -0.2) is 9.55 Å². The van der Waals surface area contributed by atoms with Gasteiger partial charge in [-0.25, -0.2) is 4.98 Å². The maximum Gasteiger partial charge on any atom is 0.125 e. The van der Waals surface area contributed by atoms with Gasteiger partial charge < -0.3 is 4.57 Å². The smallest absolute Gasteiger partial charge is 0.125 e. The fourth-order valence-electron chi connectivity index (χ4n) is 3.50. The van der Waals surface area contributed by atoms with Gasteiger partial charge in [0.1, 0.15) is 5.82 Å². The molecule has 1 aliphatic carbocycles. The van der Waals surface area contributed by atoms with E-state index < -0.39 is 0 Å². The monoisotopic (exact) mass is 290 g/mol. The maximum absolute atomic E-state index is 6.15. The van der Waals surface area contributed by atoms with E-state index in [-0.39, 0.29) is 0 Å². The highest BCUT2D eigenvalue weighted by Crippen LogP contribution is 2.42. The molecule has 2 aromatic rings. The van der Waals surface area contributed by atoms with Crippen LogP contribution in [0.1, 0.15) is 57.0 Å². The Hall–Kier alpha value is -1.02. The molecule has 0 saturated heterocycles. The molecule has 0 aliphatic heterocycles. The van der Waals surface area contributed by atoms with Crippen LogP contribution in [0.25, 0.3) is 11.0 Å². The Bertz CT molecular complexity index is 617. The van der Waals surface area contributed by atoms with E-state index >= 15 is 0 Å². The van der Waals surface area contributed by atoms with E-state index in [2.05, 4.69) is 43.5 Å². The molecule has 0 amide bonds. The van der Waals surface area contributed by atoms with Gasteiger partial charge in [0.2, 0.25) is 0 Å². The summed E-state index contributed by atoms with van der Waals surface area (Å²) >= 11 is 6.15. The van der Waals surface area contributed by atoms with Gasteiger partial charge in [0, 0.05) is 6.04 Å². The van der Waals surface area contributed by atoms with Gasteiger partial charge in [0.15, 0.2) is 0 Å². The first-order valence-corrected chi connectivity index (χ1v) is 8.08. The SMILES string of the molecule is Cc1cccc2nc(CCl)n(C3CCC(C)(C)CC3)c12. The third kappa shape index (κ3) is 2.35. The quantitative estimate of drug-likeness (QED) is 0.693. The van der Waals surface area contributed by atoms with Crippen LogP contribution in [0.4, 0.5) is 0 Å². The summed E-state index contributed by atoms with van der Waals surface area (Å²) in [6.45, 7) is 6.93. The summed E-state index contributed by atoms with van der Waals surface area (Å²) in [6, 6.07) is 6.91. The summed E-state index contributed by atoms with van der Waals surface area (Å²) in [4.78, 5) is 4.73. The van der Waals surface area contributed by atoms with Gasteiger partial charge in [-0.15, -0.1) is 11.6 Å². The zero-order valence-corrected chi connectivity index (χ0v) is 13.4. The normalized spacial score (nSPS) is 19.6. The number of fused-ring (bicyclic) bond motifs is 1. The van der Waals surface area contributed by atoms with E-state index in [1.807, 2.05) is 0 Å². The Morgan fingerprint density at radius 2 is 2.00 bits per heavy atom. The van der Waals surface area contributed by atoms with Crippen molar-refractivity contribution in [3.63, 3.8) is 0 Å². The molecule has 0 radical (unpaired) electrons. The molecule has 108 valence electrons. The largest absolute Gasteiger partial charge is 0.324 e. The molecule has 1 fully saturated rings. The minimum absolute atomic E-state index is 0.489. The van der Waals surface area contributed by atoms with E-state index in [4.69, 9.17) is 16.6 Å². The number of aromatic nitrogens is 2. The van der Waals surface area contributed by atoms with Crippen LogP contribution >= 0.6 is 11.6 Å². The molecule has 0 bridgehead atoms. The molecular formula is C17H23ClN2. The summed E-state index contributed by atoms with van der Waals surface area (Å²) in [6.07, 6.45) is 5.03. The molecule has 1 aliphatic rings. The molecule has 0 N–H and O–H groups in total. The highest BCUT2D eigenvalue weighted by Gasteiger charge is 2.29. The zero-order chi connectivity index (χ0) is 14.3. The average molecular weight is 291 g/mol. The molecule has 1 heterocycles. The minimum atomic E-state index is 0.489. The molecule has 0 atom stereocenters. The molecule has 0 unspecified atom stereocenters. The van der Waals surface area contributed by atoms with Crippen molar-refractivity contribution in [1.82, 2.24) is 9.55 Å². The van der Waals surface area contributed by atoms with Gasteiger partial charge in [0.05, 0.1) is 16.9 Å². The van der Waals surface area contributed by atoms with E-state index in [9.17, 15) is 0 Å². The Balaban J connectivity index is 2.06. The second kappa shape index (κ2) is 5.07. The van der Waals surface area contributed by atoms with Crippen LogP contribution in [0.3, 0.4) is 0 Å². The van der Waals surface area contributed by atoms with Gasteiger partial charge in [-0.1, -0.05) is 26.0 Å². The number of hydrogen-bond donors (Lipinski definition) is 0. The van der Waals surface area contributed by atoms with Crippen molar-refractivity contribution < 1.29 is 0 Å². The van der Waals surface area contributed by atoms with Crippen molar-refractivity contribution in [3.8, 4) is 0 Å². The van der Waals surface area contributed by atoms with Crippen LogP contribution in [-0.2, 0) is 5.88 Å². The third-order valence-electron chi connectivity index (χ3n) is 4.78. The van der Waals surface area contributed by atoms with Crippen molar-refractivity contribution in [1.29, 1.82) is 0 Å². The molecule has 2 nitrogen and oxygen atoms in total. The Morgan fingerprint density at radius 3 is 2.65 bits per heavy atom. The van der Waals surface area contributed by atoms with Crippen molar-refractivity contribution in [2.75, 3.05) is 0 Å². The number of halogens is 1. The van der Waals surface area contributed by atoms with Gasteiger partial charge in [-0.2, -0.15) is 0 Å². The molecule has 20 heavy (non-hydrogen) atoms. The Labute approximate surface area is 126 Å². The van der Waals surface area contributed by atoms with Crippen molar-refractivity contribution in [2.24, 2.45) is 5.41 Å². The highest BCUT2D eigenvalue weighted by atomic mass is 35.5. The Kier molecular flexibility index (Phi) is 3.53. The first-order chi connectivity index (χ1) is 9.52. The molecular weight excluding hydrogens is 268 g/mol. The molecule has 3 heteroatoms. The average Bonchev–Trinajstić information content (AvgIpc) is 2.79. The predicted molar refractivity (Wildman–Crippen MR) is 85.3 cm³/mol. The van der Waals surface area contributed by atoms with Crippen LogP contribution in [0.5, 0.6) is 0 Å². The fraction of sp³-hybridized carbons (Fsp3) is 0.588. The summed E-state index contributed by atoms with van der Waals surface area (Å²) in [7, 11) is 0. The van der Waals surface area contributed by atoms with Gasteiger partial charge in [0.25, 0.3) is 0 Å². The highest BCUT2D eigenvalue weighted by molar-refractivity contribution is 6.16. The van der Waals surface area contributed by atoms with Gasteiger partial charge in [-0.3, -0.25) is 0 Å². The lowest BCUT2D eigenvalue weighted by atomic mass is 9.75. The first-order valence-electron chi connectivity index (χ1n) is 7.54. The van der Waals surface area contributed by atoms with Crippen molar-refractivity contribution in [2.45, 2.75) is 58.4 Å². The van der Waals surface area contributed by atoms with Gasteiger partial charge >= 0.3 is 0 Å². The van der Waals surface area contributed by atoms with Crippen LogP contribution in [0.15, 0.2) is 18.2 Å². The lowest BCUT2D eigenvalue weighted by Gasteiger charge is -2.35. The number of para-hydroxylation sites is 1. The summed E-state index contributed by atoms with van der Waals surface area (Å²) < 4.78 is 2.42. The van der Waals surface area contributed by atoms with Crippen molar-refractivity contribution >= 4 is 22.6 Å². The number of alkyl halides is 1. The summed E-state index contributed by atoms with van der Waals surface area (Å²) in [5.41, 5.74) is 4.16. The minimum Gasteiger partial charge on any atom is -0.324 e. The second-order valence-electron chi connectivity index (χ2n) is 6.87. The Morgan fingerprint density at radius 1 is 1.30 bits per heavy atom. The number of benzene rings is 1. The number of nitrogens with zero attached hydrogens (tertiary/aromatic N) is 2. The molecule has 1 aromatic heterocycles. The van der Waals surface area contributed by atoms with E-state index in [0.717, 1.165) is 11.3 Å². The first kappa shape index (κ1) is 13.9. The van der Waals surface area contributed by atoms with E-state index in [1.165, 1.54) is 36.8 Å². The topological polar surface area (TPSA) is 17.8 Å². The number of imidazole rings is 1. The summed E-state index contributed by atoms with van der Waals surface area (Å²) in [5, 5.41) is 0. The van der Waals surface area contributed by atoms with E-state index in [0.29, 0.717) is 17.3 Å². The molecule has 3 rings (SSSR count). The number of rotatable bonds is 2. The van der Waals surface area contributed by atoms with Crippen molar-refractivity contribution in [3.05, 3.63) is 29.6 Å². The number of aryl methyl sites for hydroxylation is 1. The third-order valence-corrected chi connectivity index (χ3v) is 5.02. The van der Waals surface area contributed by atoms with Crippen LogP contribution in [0, 0.1) is 12.3 Å². The second-order valence-corrected chi connectivity index (χ2v) is 7.14. The van der Waals surface area contributed by atoms with Crippen LogP contribution < -0.4 is 0 Å². The van der Waals surface area contributed by atoms with E-state index in [1.54, 1.807) is 0 Å². The lowest BCUT2D eigenvalue weighted by molar-refractivity contribution is 0.194. The standard InChI is InChI=1S/C17H23ClN2/c1-12-5-4-6-14-16(12)20(15(11-18)19-14)13-7-9-17(2,3)10-8-13/h4-6,13H,7-11H2,1-3H3. The predicted octanol–water partition coefficient (Wildman–Crippen LogP) is 5.22.